The molecule has 36 heavy (non-hydrogen) atoms. The van der Waals surface area contributed by atoms with Gasteiger partial charge in [-0.25, -0.2) is 13.2 Å². The first kappa shape index (κ1) is 29.0. The molecule has 23 heteroatoms. The maximum Gasteiger partial charge on any atom is 0.424 e. The van der Waals surface area contributed by atoms with Crippen LogP contribution in [0.15, 0.2) is 0 Å². The van der Waals surface area contributed by atoms with Gasteiger partial charge in [0, 0.05) is 0 Å². The van der Waals surface area contributed by atoms with Crippen molar-refractivity contribution in [2.75, 3.05) is 0 Å². The van der Waals surface area contributed by atoms with Crippen LogP contribution in [0.3, 0.4) is 0 Å². The fourth-order valence-electron chi connectivity index (χ4n) is 4.43. The molecule has 1 atom stereocenters. The summed E-state index contributed by atoms with van der Waals surface area (Å²) >= 11 is 0. The van der Waals surface area contributed by atoms with E-state index in [0.29, 0.717) is 0 Å². The van der Waals surface area contributed by atoms with Crippen molar-refractivity contribution >= 4 is 0 Å². The molecule has 4 fully saturated rings. The van der Waals surface area contributed by atoms with Gasteiger partial charge in [0.2, 0.25) is 0 Å². The van der Waals surface area contributed by atoms with E-state index in [0.717, 1.165) is 0 Å². The van der Waals surface area contributed by atoms with Gasteiger partial charge < -0.3 is 10.2 Å². The fourth-order valence-corrected chi connectivity index (χ4v) is 4.43. The highest BCUT2D eigenvalue weighted by molar-refractivity contribution is 5.54. The third-order valence-electron chi connectivity index (χ3n) is 6.29. The lowest BCUT2D eigenvalue weighted by Crippen LogP contribution is -3.10. The molecule has 4 aliphatic rings. The molecule has 0 heterocycles. The van der Waals surface area contributed by atoms with Crippen molar-refractivity contribution in [2.24, 2.45) is 0 Å². The van der Waals surface area contributed by atoms with E-state index in [9.17, 15) is 87.8 Å². The minimum atomic E-state index is -8.65. The van der Waals surface area contributed by atoms with Crippen LogP contribution in [-0.4, -0.2) is 86.4 Å². The van der Waals surface area contributed by atoms with Crippen molar-refractivity contribution < 1.29 is 103 Å². The molecule has 0 aromatic heterocycles. The Balaban J connectivity index is 2.63. The molecule has 4 saturated carbocycles. The lowest BCUT2D eigenvalue weighted by molar-refractivity contribution is -0.638. The SMILES string of the molecule is OC(F)(F)C(O)(F)C(F)(F)OC12C(F)(F)C3(F)C(F)(F)C(F)(C(F)(F)C(F)(C3(F)F)C1(F)F)C2(F)F. The van der Waals surface area contributed by atoms with E-state index in [-0.39, 0.29) is 0 Å². The van der Waals surface area contributed by atoms with E-state index in [1.807, 2.05) is 0 Å². The van der Waals surface area contributed by atoms with Crippen molar-refractivity contribution in [1.29, 1.82) is 0 Å². The predicted octanol–water partition coefficient (Wildman–Crippen LogP) is 4.56. The monoisotopic (exact) mass is 586 g/mol. The summed E-state index contributed by atoms with van der Waals surface area (Å²) in [4.78, 5) is 0. The first-order valence-electron chi connectivity index (χ1n) is 8.14. The third kappa shape index (κ3) is 1.89. The van der Waals surface area contributed by atoms with Gasteiger partial charge in [0.15, 0.2) is 0 Å². The number of ether oxygens (including phenoxy) is 1. The van der Waals surface area contributed by atoms with Gasteiger partial charge in [0.05, 0.1) is 0 Å². The van der Waals surface area contributed by atoms with Crippen LogP contribution in [0.5, 0.6) is 0 Å². The number of alkyl halides is 20. The normalized spacial score (nSPS) is 44.8. The third-order valence-corrected chi connectivity index (χ3v) is 6.29. The molecular weight excluding hydrogens is 584 g/mol. The molecule has 0 aliphatic heterocycles. The van der Waals surface area contributed by atoms with E-state index in [1.165, 1.54) is 0 Å². The molecule has 0 aromatic carbocycles. The molecule has 0 saturated heterocycles. The fraction of sp³-hybridized carbons (Fsp3) is 1.00. The first-order chi connectivity index (χ1) is 15.2. The standard InChI is InChI=1S/C13H2F20O3/c14-1-5(17,18)2(15)7(21,22)3(16,6(1,19)20)10(27,28)4(8(1,23)24,9(2,25)26)36-13(32,33)11(29,34)12(30,31)35/h34-35H. The Labute approximate surface area is 180 Å². The van der Waals surface area contributed by atoms with E-state index < -0.39 is 76.2 Å². The zero-order valence-electron chi connectivity index (χ0n) is 15.4. The van der Waals surface area contributed by atoms with Gasteiger partial charge in [0.25, 0.3) is 5.60 Å². The molecule has 4 aliphatic carbocycles. The van der Waals surface area contributed by atoms with Gasteiger partial charge in [-0.2, -0.15) is 74.6 Å². The summed E-state index contributed by atoms with van der Waals surface area (Å²) < 4.78 is 284. The summed E-state index contributed by atoms with van der Waals surface area (Å²) in [6.07, 6.45) is -15.3. The minimum absolute atomic E-state index is 1.58. The van der Waals surface area contributed by atoms with Gasteiger partial charge in [-0.3, -0.25) is 4.74 Å². The van der Waals surface area contributed by atoms with Crippen molar-refractivity contribution in [3.8, 4) is 0 Å². The van der Waals surface area contributed by atoms with Crippen LogP contribution in [0, 0.1) is 0 Å². The summed E-state index contributed by atoms with van der Waals surface area (Å²) in [7, 11) is 0. The quantitative estimate of drug-likeness (QED) is 0.476. The average Bonchev–Trinajstić information content (AvgIpc) is 2.64. The zero-order chi connectivity index (χ0) is 29.2. The zero-order valence-corrected chi connectivity index (χ0v) is 15.4. The van der Waals surface area contributed by atoms with Crippen molar-refractivity contribution in [1.82, 2.24) is 0 Å². The summed E-state index contributed by atoms with van der Waals surface area (Å²) in [5, 5.41) is 16.1. The molecule has 1 unspecified atom stereocenters. The predicted molar refractivity (Wildman–Crippen MR) is 63.2 cm³/mol. The molecule has 0 radical (unpaired) electrons. The second-order valence-electron chi connectivity index (χ2n) is 7.89. The van der Waals surface area contributed by atoms with Crippen LogP contribution in [0.4, 0.5) is 87.8 Å². The van der Waals surface area contributed by atoms with Crippen molar-refractivity contribution in [3.05, 3.63) is 0 Å². The van der Waals surface area contributed by atoms with E-state index >= 15 is 0 Å². The molecule has 212 valence electrons. The summed E-state index contributed by atoms with van der Waals surface area (Å²) in [6.45, 7) is 0. The molecule has 0 amide bonds. The number of aliphatic hydroxyl groups is 2. The van der Waals surface area contributed by atoms with Gasteiger partial charge in [-0.1, -0.05) is 0 Å². The second kappa shape index (κ2) is 5.88. The van der Waals surface area contributed by atoms with E-state index in [2.05, 4.69) is 0 Å². The Morgan fingerprint density at radius 2 is 0.639 bits per heavy atom. The highest BCUT2D eigenvalue weighted by atomic mass is 19.4. The van der Waals surface area contributed by atoms with Gasteiger partial charge in [-0.15, -0.1) is 0 Å². The Morgan fingerprint density at radius 1 is 0.417 bits per heavy atom. The number of halogens is 20. The number of hydrogen-bond donors (Lipinski definition) is 2. The Bertz CT molecular complexity index is 882. The lowest BCUT2D eigenvalue weighted by Gasteiger charge is -2.74. The van der Waals surface area contributed by atoms with Gasteiger partial charge >= 0.3 is 70.6 Å². The smallest absolute Gasteiger partial charge is 0.348 e. The van der Waals surface area contributed by atoms with Crippen LogP contribution in [0.1, 0.15) is 0 Å². The maximum atomic E-state index is 14.7. The largest absolute Gasteiger partial charge is 0.424 e. The minimum Gasteiger partial charge on any atom is -0.348 e. The van der Waals surface area contributed by atoms with Crippen LogP contribution in [-0.2, 0) is 4.74 Å². The molecule has 0 aromatic rings. The summed E-state index contributed by atoms with van der Waals surface area (Å²) in [6, 6.07) is 0. The molecular formula is C13H2F20O3. The Morgan fingerprint density at radius 3 is 0.833 bits per heavy atom. The number of hydrogen-bond acceptors (Lipinski definition) is 3. The van der Waals surface area contributed by atoms with Crippen LogP contribution < -0.4 is 0 Å². The van der Waals surface area contributed by atoms with Crippen molar-refractivity contribution in [2.45, 2.75) is 76.2 Å². The summed E-state index contributed by atoms with van der Waals surface area (Å²) in [5.41, 5.74) is -33.8. The molecule has 4 bridgehead atoms. The average molecular weight is 586 g/mol. The van der Waals surface area contributed by atoms with Crippen LogP contribution in [0.25, 0.3) is 0 Å². The molecule has 0 spiro atoms. The molecule has 2 N–H and O–H groups in total. The number of rotatable bonds is 4. The highest BCUT2D eigenvalue weighted by Crippen LogP contribution is 2.89. The highest BCUT2D eigenvalue weighted by Gasteiger charge is 3.23. The topological polar surface area (TPSA) is 49.7 Å². The lowest BCUT2D eigenvalue weighted by atomic mass is 9.40. The van der Waals surface area contributed by atoms with Crippen LogP contribution >= 0.6 is 0 Å². The second-order valence-corrected chi connectivity index (χ2v) is 7.89. The first-order valence-corrected chi connectivity index (χ1v) is 8.14. The Kier molecular flexibility index (Phi) is 4.75. The maximum absolute atomic E-state index is 14.7. The van der Waals surface area contributed by atoms with Crippen LogP contribution in [0.2, 0.25) is 0 Å². The molecule has 3 nitrogen and oxygen atoms in total. The van der Waals surface area contributed by atoms with Gasteiger partial charge in [-0.05, 0) is 0 Å². The van der Waals surface area contributed by atoms with E-state index in [1.54, 1.807) is 4.74 Å². The molecule has 4 rings (SSSR count). The Hall–Kier alpha value is -1.52. The van der Waals surface area contributed by atoms with E-state index in [4.69, 9.17) is 10.2 Å². The van der Waals surface area contributed by atoms with Crippen molar-refractivity contribution in [3.63, 3.8) is 0 Å². The van der Waals surface area contributed by atoms with Gasteiger partial charge in [0.1, 0.15) is 0 Å². The summed E-state index contributed by atoms with van der Waals surface area (Å²) in [5.74, 6) is -58.8.